The lowest BCUT2D eigenvalue weighted by Crippen LogP contribution is -2.25. The molecule has 0 saturated heterocycles. The van der Waals surface area contributed by atoms with E-state index in [0.29, 0.717) is 0 Å². The predicted molar refractivity (Wildman–Crippen MR) is 112 cm³/mol. The number of anilines is 1. The van der Waals surface area contributed by atoms with Gasteiger partial charge in [-0.3, -0.25) is 4.79 Å². The Bertz CT molecular complexity index is 882. The van der Waals surface area contributed by atoms with Crippen molar-refractivity contribution in [3.63, 3.8) is 0 Å². The molecule has 0 spiro atoms. The average Bonchev–Trinajstić information content (AvgIpc) is 2.73. The lowest BCUT2D eigenvalue weighted by molar-refractivity contribution is -0.114. The van der Waals surface area contributed by atoms with Crippen LogP contribution in [0.5, 0.6) is 11.5 Å². The minimum Gasteiger partial charge on any atom is -0.497 e. The van der Waals surface area contributed by atoms with E-state index in [2.05, 4.69) is 48.6 Å². The fourth-order valence-corrected chi connectivity index (χ4v) is 3.44. The number of rotatable bonds is 6. The van der Waals surface area contributed by atoms with Gasteiger partial charge in [0.25, 0.3) is 0 Å². The summed E-state index contributed by atoms with van der Waals surface area (Å²) in [6.07, 6.45) is 0. The third-order valence-corrected chi connectivity index (χ3v) is 5.12. The first-order valence-electron chi connectivity index (χ1n) is 9.14. The highest BCUT2D eigenvalue weighted by Gasteiger charge is 2.31. The monoisotopic (exact) mass is 375 g/mol. The molecule has 1 amide bonds. The summed E-state index contributed by atoms with van der Waals surface area (Å²) in [6.45, 7) is 3.71. The molecule has 3 aromatic rings. The van der Waals surface area contributed by atoms with Crippen LogP contribution in [0.15, 0.2) is 72.8 Å². The summed E-state index contributed by atoms with van der Waals surface area (Å²) in [5.74, 6) is 1.56. The molecule has 0 aliphatic rings. The second-order valence-corrected chi connectivity index (χ2v) is 6.84. The Balaban J connectivity index is 2.10. The first-order valence-corrected chi connectivity index (χ1v) is 9.14. The van der Waals surface area contributed by atoms with Gasteiger partial charge in [0.05, 0.1) is 14.2 Å². The van der Waals surface area contributed by atoms with Crippen LogP contribution in [0.2, 0.25) is 0 Å². The maximum atomic E-state index is 11.3. The van der Waals surface area contributed by atoms with E-state index in [1.165, 1.54) is 6.92 Å². The normalized spacial score (nSPS) is 11.0. The summed E-state index contributed by atoms with van der Waals surface area (Å²) in [5.41, 5.74) is 3.81. The lowest BCUT2D eigenvalue weighted by atomic mass is 9.71. The Kier molecular flexibility index (Phi) is 5.69. The van der Waals surface area contributed by atoms with Gasteiger partial charge in [-0.15, -0.1) is 0 Å². The highest BCUT2D eigenvalue weighted by Crippen LogP contribution is 2.40. The Morgan fingerprint density at radius 2 is 1.07 bits per heavy atom. The SMILES string of the molecule is COc1ccc(C(C)(c2ccc(NC(C)=O)cc2)c2ccc(OC)cc2)cc1. The zero-order valence-electron chi connectivity index (χ0n) is 16.7. The van der Waals surface area contributed by atoms with Gasteiger partial charge in [-0.1, -0.05) is 36.4 Å². The van der Waals surface area contributed by atoms with E-state index in [4.69, 9.17) is 9.47 Å². The number of nitrogens with one attached hydrogen (secondary N) is 1. The van der Waals surface area contributed by atoms with Crippen LogP contribution < -0.4 is 14.8 Å². The number of methoxy groups -OCH3 is 2. The summed E-state index contributed by atoms with van der Waals surface area (Å²) in [5, 5.41) is 2.82. The zero-order valence-corrected chi connectivity index (χ0v) is 16.7. The molecule has 4 heteroatoms. The van der Waals surface area contributed by atoms with Crippen LogP contribution in [-0.4, -0.2) is 20.1 Å². The largest absolute Gasteiger partial charge is 0.497 e. The van der Waals surface area contributed by atoms with E-state index in [9.17, 15) is 4.79 Å². The van der Waals surface area contributed by atoms with Gasteiger partial charge < -0.3 is 14.8 Å². The predicted octanol–water partition coefficient (Wildman–Crippen LogP) is 5.02. The van der Waals surface area contributed by atoms with Crippen LogP contribution in [0.1, 0.15) is 30.5 Å². The summed E-state index contributed by atoms with van der Waals surface area (Å²) < 4.78 is 10.6. The van der Waals surface area contributed by atoms with Gasteiger partial charge >= 0.3 is 0 Å². The molecule has 28 heavy (non-hydrogen) atoms. The number of carbonyl (C=O) groups excluding carboxylic acids is 1. The zero-order chi connectivity index (χ0) is 20.1. The molecule has 144 valence electrons. The summed E-state index contributed by atoms with van der Waals surface area (Å²) in [7, 11) is 3.33. The van der Waals surface area contributed by atoms with E-state index >= 15 is 0 Å². The minimum absolute atomic E-state index is 0.0826. The van der Waals surface area contributed by atoms with Crippen molar-refractivity contribution in [3.05, 3.63) is 89.5 Å². The summed E-state index contributed by atoms with van der Waals surface area (Å²) in [6, 6.07) is 24.2. The van der Waals surface area contributed by atoms with Crippen molar-refractivity contribution in [1.82, 2.24) is 0 Å². The number of amides is 1. The molecule has 1 N–H and O–H groups in total. The highest BCUT2D eigenvalue weighted by molar-refractivity contribution is 5.88. The molecular weight excluding hydrogens is 350 g/mol. The average molecular weight is 375 g/mol. The lowest BCUT2D eigenvalue weighted by Gasteiger charge is -2.32. The third kappa shape index (κ3) is 3.86. The van der Waals surface area contributed by atoms with E-state index in [1.54, 1.807) is 14.2 Å². The smallest absolute Gasteiger partial charge is 0.221 e. The van der Waals surface area contributed by atoms with Crippen LogP contribution >= 0.6 is 0 Å². The molecule has 3 rings (SSSR count). The van der Waals surface area contributed by atoms with Crippen LogP contribution in [0.3, 0.4) is 0 Å². The van der Waals surface area contributed by atoms with Gasteiger partial charge in [-0.25, -0.2) is 0 Å². The van der Waals surface area contributed by atoms with Crippen LogP contribution in [0.25, 0.3) is 0 Å². The topological polar surface area (TPSA) is 47.6 Å². The van der Waals surface area contributed by atoms with Gasteiger partial charge in [0, 0.05) is 18.0 Å². The molecular formula is C24H25NO3. The molecule has 0 radical (unpaired) electrons. The van der Waals surface area contributed by atoms with E-state index in [1.807, 2.05) is 36.4 Å². The molecule has 0 unspecified atom stereocenters. The molecule has 0 fully saturated rings. The van der Waals surface area contributed by atoms with Crippen LogP contribution in [-0.2, 0) is 10.2 Å². The molecule has 0 heterocycles. The number of carbonyl (C=O) groups is 1. The van der Waals surface area contributed by atoms with Crippen molar-refractivity contribution in [2.24, 2.45) is 0 Å². The first-order chi connectivity index (χ1) is 13.5. The number of hydrogen-bond donors (Lipinski definition) is 1. The molecule has 0 bridgehead atoms. The quantitative estimate of drug-likeness (QED) is 0.616. The second kappa shape index (κ2) is 8.17. The van der Waals surface area contributed by atoms with E-state index in [-0.39, 0.29) is 11.3 Å². The van der Waals surface area contributed by atoms with Crippen molar-refractivity contribution in [3.8, 4) is 11.5 Å². The number of hydrogen-bond acceptors (Lipinski definition) is 3. The Hall–Kier alpha value is -3.27. The molecule has 3 aromatic carbocycles. The Morgan fingerprint density at radius 1 is 0.714 bits per heavy atom. The molecule has 0 aromatic heterocycles. The van der Waals surface area contributed by atoms with E-state index in [0.717, 1.165) is 33.9 Å². The van der Waals surface area contributed by atoms with Gasteiger partial charge in [0.2, 0.25) is 5.91 Å². The van der Waals surface area contributed by atoms with Crippen molar-refractivity contribution in [1.29, 1.82) is 0 Å². The highest BCUT2D eigenvalue weighted by atomic mass is 16.5. The number of ether oxygens (including phenoxy) is 2. The van der Waals surface area contributed by atoms with Crippen LogP contribution in [0, 0.1) is 0 Å². The Morgan fingerprint density at radius 3 is 1.39 bits per heavy atom. The molecule has 0 saturated carbocycles. The fraction of sp³-hybridized carbons (Fsp3) is 0.208. The van der Waals surface area contributed by atoms with Crippen LogP contribution in [0.4, 0.5) is 5.69 Å². The van der Waals surface area contributed by atoms with Gasteiger partial charge in [-0.05, 0) is 60.0 Å². The molecule has 4 nitrogen and oxygen atoms in total. The summed E-state index contributed by atoms with van der Waals surface area (Å²) in [4.78, 5) is 11.3. The maximum absolute atomic E-state index is 11.3. The van der Waals surface area contributed by atoms with Crippen molar-refractivity contribution in [2.45, 2.75) is 19.3 Å². The first kappa shape index (κ1) is 19.5. The van der Waals surface area contributed by atoms with Crippen molar-refractivity contribution in [2.75, 3.05) is 19.5 Å². The number of benzene rings is 3. The van der Waals surface area contributed by atoms with Crippen molar-refractivity contribution >= 4 is 11.6 Å². The fourth-order valence-electron chi connectivity index (χ4n) is 3.44. The van der Waals surface area contributed by atoms with Gasteiger partial charge in [0.1, 0.15) is 11.5 Å². The summed E-state index contributed by atoms with van der Waals surface area (Å²) >= 11 is 0. The standard InChI is InChI=1S/C24H25NO3/c1-17(26)25-21-11-5-18(6-12-21)24(2,19-7-13-22(27-3)14-8-19)20-9-15-23(28-4)16-10-20/h5-16H,1-4H3,(H,25,26). The minimum atomic E-state index is -0.382. The van der Waals surface area contributed by atoms with E-state index < -0.39 is 0 Å². The second-order valence-electron chi connectivity index (χ2n) is 6.84. The Labute approximate surface area is 166 Å². The van der Waals surface area contributed by atoms with Crippen molar-refractivity contribution < 1.29 is 14.3 Å². The van der Waals surface area contributed by atoms with Gasteiger partial charge in [-0.2, -0.15) is 0 Å². The maximum Gasteiger partial charge on any atom is 0.221 e. The molecule has 0 aliphatic carbocycles. The molecule has 0 aliphatic heterocycles. The van der Waals surface area contributed by atoms with Gasteiger partial charge in [0.15, 0.2) is 0 Å². The molecule has 0 atom stereocenters. The third-order valence-electron chi connectivity index (χ3n) is 5.12.